The van der Waals surface area contributed by atoms with Crippen molar-refractivity contribution in [2.75, 3.05) is 37.7 Å². The molecule has 0 aromatic carbocycles. The second kappa shape index (κ2) is 6.31. The van der Waals surface area contributed by atoms with Crippen LogP contribution >= 0.6 is 0 Å². The van der Waals surface area contributed by atoms with E-state index in [9.17, 15) is 18.0 Å². The predicted octanol–water partition coefficient (Wildman–Crippen LogP) is -0.571. The summed E-state index contributed by atoms with van der Waals surface area (Å²) in [6.45, 7) is 3.75. The van der Waals surface area contributed by atoms with Gasteiger partial charge in [-0.1, -0.05) is 0 Å². The molecule has 2 aliphatic heterocycles. The number of nitrogens with zero attached hydrogens (tertiary/aromatic N) is 2. The molecular weight excluding hydrogens is 296 g/mol. The number of hydrogen-bond acceptors (Lipinski definition) is 5. The van der Waals surface area contributed by atoms with Crippen LogP contribution < -0.4 is 0 Å². The van der Waals surface area contributed by atoms with Crippen molar-refractivity contribution in [1.82, 2.24) is 9.80 Å². The molecule has 0 bridgehead atoms. The molecule has 7 nitrogen and oxygen atoms in total. The molecule has 1 N–H and O–H groups in total. The fourth-order valence-electron chi connectivity index (χ4n) is 2.92. The lowest BCUT2D eigenvalue weighted by Crippen LogP contribution is -2.53. The molecule has 2 aliphatic rings. The number of sulfone groups is 1. The third-order valence-corrected chi connectivity index (χ3v) is 6.20. The summed E-state index contributed by atoms with van der Waals surface area (Å²) in [5, 5.41) is 8.97. The van der Waals surface area contributed by atoms with Crippen LogP contribution in [0.25, 0.3) is 0 Å². The molecule has 0 aromatic rings. The average Bonchev–Trinajstić information content (AvgIpc) is 2.77. The van der Waals surface area contributed by atoms with Crippen LogP contribution in [0.4, 0.5) is 0 Å². The Morgan fingerprint density at radius 3 is 2.33 bits per heavy atom. The molecule has 2 heterocycles. The molecule has 0 spiro atoms. The van der Waals surface area contributed by atoms with Crippen LogP contribution in [-0.2, 0) is 19.4 Å². The smallest absolute Gasteiger partial charge is 0.320 e. The van der Waals surface area contributed by atoms with Gasteiger partial charge >= 0.3 is 5.97 Å². The summed E-state index contributed by atoms with van der Waals surface area (Å²) >= 11 is 0. The second-order valence-corrected chi connectivity index (χ2v) is 8.13. The van der Waals surface area contributed by atoms with Crippen LogP contribution in [0, 0.1) is 5.92 Å². The number of carboxylic acids is 1. The van der Waals surface area contributed by atoms with Crippen molar-refractivity contribution in [3.63, 3.8) is 0 Å². The number of amides is 1. The van der Waals surface area contributed by atoms with E-state index >= 15 is 0 Å². The normalized spacial score (nSPS) is 27.5. The summed E-state index contributed by atoms with van der Waals surface area (Å²) < 4.78 is 22.8. The van der Waals surface area contributed by atoms with Gasteiger partial charge in [-0.25, -0.2) is 8.42 Å². The van der Waals surface area contributed by atoms with Gasteiger partial charge in [-0.15, -0.1) is 0 Å². The highest BCUT2D eigenvalue weighted by Crippen LogP contribution is 2.22. The molecule has 0 aromatic heterocycles. The van der Waals surface area contributed by atoms with Crippen LogP contribution in [0.5, 0.6) is 0 Å². The Bertz CT molecular complexity index is 511. The van der Waals surface area contributed by atoms with E-state index in [1.165, 1.54) is 0 Å². The summed E-state index contributed by atoms with van der Waals surface area (Å²) in [7, 11) is -2.95. The summed E-state index contributed by atoms with van der Waals surface area (Å²) in [6.07, 6.45) is 0.859. The van der Waals surface area contributed by atoms with Crippen LogP contribution in [0.3, 0.4) is 0 Å². The maximum Gasteiger partial charge on any atom is 0.320 e. The highest BCUT2D eigenvalue weighted by molar-refractivity contribution is 7.91. The lowest BCUT2D eigenvalue weighted by Gasteiger charge is -2.36. The van der Waals surface area contributed by atoms with Gasteiger partial charge in [0.05, 0.1) is 11.5 Å². The Balaban J connectivity index is 1.80. The summed E-state index contributed by atoms with van der Waals surface area (Å²) in [6, 6.07) is -0.540. The van der Waals surface area contributed by atoms with E-state index in [2.05, 4.69) is 0 Å². The Kier molecular flexibility index (Phi) is 4.88. The molecular formula is C13H22N2O5S. The maximum atomic E-state index is 12.2. The molecule has 2 saturated heterocycles. The number of carbonyl (C=O) groups excluding carboxylic acids is 1. The first-order valence-corrected chi connectivity index (χ1v) is 9.05. The third-order valence-electron chi connectivity index (χ3n) is 4.36. The van der Waals surface area contributed by atoms with Crippen molar-refractivity contribution in [1.29, 1.82) is 0 Å². The minimum absolute atomic E-state index is 0.0141. The molecule has 21 heavy (non-hydrogen) atoms. The fraction of sp³-hybridized carbons (Fsp3) is 0.846. The lowest BCUT2D eigenvalue weighted by atomic mass is 10.0. The van der Waals surface area contributed by atoms with Gasteiger partial charge in [0.25, 0.3) is 0 Å². The minimum Gasteiger partial charge on any atom is -0.480 e. The van der Waals surface area contributed by atoms with Gasteiger partial charge in [0.15, 0.2) is 9.84 Å². The quantitative estimate of drug-likeness (QED) is 0.746. The van der Waals surface area contributed by atoms with Crippen LogP contribution in [0.15, 0.2) is 0 Å². The minimum atomic E-state index is -2.95. The van der Waals surface area contributed by atoms with Gasteiger partial charge in [-0.2, -0.15) is 0 Å². The number of carbonyl (C=O) groups is 2. The van der Waals surface area contributed by atoms with E-state index in [4.69, 9.17) is 5.11 Å². The molecule has 0 radical (unpaired) electrons. The Hall–Kier alpha value is -1.15. The topological polar surface area (TPSA) is 95.0 Å². The fourth-order valence-corrected chi connectivity index (χ4v) is 4.79. The average molecular weight is 318 g/mol. The highest BCUT2D eigenvalue weighted by Gasteiger charge is 2.32. The molecule has 2 atom stereocenters. The molecule has 2 unspecified atom stereocenters. The van der Waals surface area contributed by atoms with Gasteiger partial charge in [0, 0.05) is 32.6 Å². The first-order valence-electron chi connectivity index (χ1n) is 7.23. The third kappa shape index (κ3) is 4.16. The van der Waals surface area contributed by atoms with Crippen LogP contribution in [0.1, 0.15) is 19.8 Å². The zero-order valence-electron chi connectivity index (χ0n) is 12.2. The van der Waals surface area contributed by atoms with Gasteiger partial charge in [-0.3, -0.25) is 14.5 Å². The largest absolute Gasteiger partial charge is 0.480 e. The zero-order valence-corrected chi connectivity index (χ0v) is 13.0. The van der Waals surface area contributed by atoms with Gasteiger partial charge in [0.2, 0.25) is 5.91 Å². The van der Waals surface area contributed by atoms with Crippen molar-refractivity contribution in [2.45, 2.75) is 25.8 Å². The predicted molar refractivity (Wildman–Crippen MR) is 76.6 cm³/mol. The van der Waals surface area contributed by atoms with Crippen molar-refractivity contribution in [2.24, 2.45) is 5.92 Å². The molecule has 120 valence electrons. The lowest BCUT2D eigenvalue weighted by molar-refractivity contribution is -0.144. The molecule has 1 amide bonds. The summed E-state index contributed by atoms with van der Waals surface area (Å²) in [5.74, 6) is -0.618. The van der Waals surface area contributed by atoms with Crippen molar-refractivity contribution in [3.8, 4) is 0 Å². The maximum absolute atomic E-state index is 12.2. The van der Waals surface area contributed by atoms with Gasteiger partial charge in [0.1, 0.15) is 6.04 Å². The van der Waals surface area contributed by atoms with Crippen LogP contribution in [0.2, 0.25) is 0 Å². The van der Waals surface area contributed by atoms with Crippen molar-refractivity contribution < 1.29 is 23.1 Å². The van der Waals surface area contributed by atoms with E-state index in [-0.39, 0.29) is 29.8 Å². The standard InChI is InChI=1S/C13H22N2O5S/c1-10(13(17)18)14-3-5-15(6-4-14)12(16)8-11-2-7-21(19,20)9-11/h10-11H,2-9H2,1H3,(H,17,18). The molecule has 0 saturated carbocycles. The number of hydrogen-bond donors (Lipinski definition) is 1. The van der Waals surface area contributed by atoms with E-state index in [1.807, 2.05) is 4.90 Å². The number of aliphatic carboxylic acids is 1. The first-order chi connectivity index (χ1) is 9.78. The van der Waals surface area contributed by atoms with Crippen molar-refractivity contribution in [3.05, 3.63) is 0 Å². The molecule has 8 heteroatoms. The van der Waals surface area contributed by atoms with E-state index in [1.54, 1.807) is 11.8 Å². The number of piperazine rings is 1. The molecule has 2 fully saturated rings. The summed E-state index contributed by atoms with van der Waals surface area (Å²) in [4.78, 5) is 26.7. The van der Waals surface area contributed by atoms with Crippen molar-refractivity contribution >= 4 is 21.7 Å². The van der Waals surface area contributed by atoms with Gasteiger partial charge < -0.3 is 10.0 Å². The highest BCUT2D eigenvalue weighted by atomic mass is 32.2. The summed E-state index contributed by atoms with van der Waals surface area (Å²) in [5.41, 5.74) is 0. The zero-order chi connectivity index (χ0) is 15.6. The van der Waals surface area contributed by atoms with E-state index < -0.39 is 21.8 Å². The Labute approximate surface area is 124 Å². The van der Waals surface area contributed by atoms with Gasteiger partial charge in [-0.05, 0) is 19.3 Å². The number of carboxylic acid groups (broad SMARTS) is 1. The SMILES string of the molecule is CC(C(=O)O)N1CCN(C(=O)CC2CCS(=O)(=O)C2)CC1. The Morgan fingerprint density at radius 1 is 1.24 bits per heavy atom. The second-order valence-electron chi connectivity index (χ2n) is 5.90. The Morgan fingerprint density at radius 2 is 1.86 bits per heavy atom. The van der Waals surface area contributed by atoms with E-state index in [0.717, 1.165) is 0 Å². The molecule has 0 aliphatic carbocycles. The molecule has 2 rings (SSSR count). The monoisotopic (exact) mass is 318 g/mol. The first kappa shape index (κ1) is 16.2. The number of rotatable bonds is 4. The van der Waals surface area contributed by atoms with E-state index in [0.29, 0.717) is 32.6 Å². The van der Waals surface area contributed by atoms with Crippen LogP contribution in [-0.4, -0.2) is 78.9 Å².